The molecule has 3 heterocycles. The summed E-state index contributed by atoms with van der Waals surface area (Å²) in [4.78, 5) is 32.4. The minimum atomic E-state index is -0.544. The highest BCUT2D eigenvalue weighted by Crippen LogP contribution is 2.33. The van der Waals surface area contributed by atoms with Crippen LogP contribution in [0.15, 0.2) is 67.3 Å². The fourth-order valence-corrected chi connectivity index (χ4v) is 5.61. The summed E-state index contributed by atoms with van der Waals surface area (Å²) in [6, 6.07) is 11.1. The van der Waals surface area contributed by atoms with Gasteiger partial charge in [-0.3, -0.25) is 9.36 Å². The molecule has 0 spiro atoms. The van der Waals surface area contributed by atoms with Crippen molar-refractivity contribution in [3.8, 4) is 0 Å². The lowest BCUT2D eigenvalue weighted by molar-refractivity contribution is -0.143. The number of benzene rings is 1. The molecule has 0 N–H and O–H groups in total. The fraction of sp³-hybridized carbons (Fsp3) is 0.227. The van der Waals surface area contributed by atoms with E-state index in [1.165, 1.54) is 22.7 Å². The van der Waals surface area contributed by atoms with Crippen LogP contribution < -0.4 is 14.9 Å². The van der Waals surface area contributed by atoms with E-state index < -0.39 is 12.0 Å². The Morgan fingerprint density at radius 3 is 2.77 bits per heavy atom. The second kappa shape index (κ2) is 8.45. The molecule has 1 atom stereocenters. The highest BCUT2D eigenvalue weighted by molar-refractivity contribution is 9.10. The van der Waals surface area contributed by atoms with E-state index in [-0.39, 0.29) is 11.7 Å². The van der Waals surface area contributed by atoms with Crippen molar-refractivity contribution in [2.24, 2.45) is 4.99 Å². The number of ether oxygens (including phenoxy) is 1. The Balaban J connectivity index is 1.93. The number of hydrogen-bond acceptors (Lipinski definition) is 6. The maximum atomic E-state index is 13.4. The van der Waals surface area contributed by atoms with Gasteiger partial charge in [-0.1, -0.05) is 45.5 Å². The van der Waals surface area contributed by atoms with E-state index in [9.17, 15) is 9.59 Å². The molecule has 8 heteroatoms. The lowest BCUT2D eigenvalue weighted by atomic mass is 10.0. The molecule has 2 aromatic heterocycles. The molecule has 0 saturated heterocycles. The van der Waals surface area contributed by atoms with Gasteiger partial charge in [-0.15, -0.1) is 11.3 Å². The van der Waals surface area contributed by atoms with Gasteiger partial charge in [-0.05, 0) is 56.0 Å². The molecule has 4 rings (SSSR count). The molecule has 0 bridgehead atoms. The van der Waals surface area contributed by atoms with Gasteiger partial charge in [-0.25, -0.2) is 9.79 Å². The highest BCUT2D eigenvalue weighted by Gasteiger charge is 2.34. The Hall–Kier alpha value is -2.29. The zero-order chi connectivity index (χ0) is 21.4. The summed E-state index contributed by atoms with van der Waals surface area (Å²) in [5.74, 6) is -0.439. The number of carbonyl (C=O) groups is 1. The molecule has 1 aliphatic rings. The fourth-order valence-electron chi connectivity index (χ4n) is 3.32. The van der Waals surface area contributed by atoms with E-state index in [1.54, 1.807) is 25.3 Å². The Kier molecular flexibility index (Phi) is 5.90. The van der Waals surface area contributed by atoms with Gasteiger partial charge in [0, 0.05) is 9.35 Å². The maximum Gasteiger partial charge on any atom is 0.338 e. The number of thiophene rings is 1. The lowest BCUT2D eigenvalue weighted by Crippen LogP contribution is -2.39. The number of esters is 1. The third-order valence-corrected chi connectivity index (χ3v) is 6.94. The Bertz CT molecular complexity index is 1320. The summed E-state index contributed by atoms with van der Waals surface area (Å²) in [6.07, 6.45) is 1.59. The first-order valence-corrected chi connectivity index (χ1v) is 11.9. The third-order valence-electron chi connectivity index (χ3n) is 4.54. The number of fused-ring (bicyclic) bond motifs is 1. The van der Waals surface area contributed by atoms with Crippen molar-refractivity contribution in [1.82, 2.24) is 4.57 Å². The van der Waals surface area contributed by atoms with Gasteiger partial charge < -0.3 is 4.74 Å². The summed E-state index contributed by atoms with van der Waals surface area (Å²) >= 11 is 6.29. The van der Waals surface area contributed by atoms with E-state index in [0.717, 1.165) is 14.9 Å². The van der Waals surface area contributed by atoms with Crippen LogP contribution in [0.1, 0.15) is 37.3 Å². The van der Waals surface area contributed by atoms with Crippen molar-refractivity contribution >= 4 is 50.6 Å². The monoisotopic (exact) mass is 502 g/mol. The number of allylic oxidation sites excluding steroid dienone is 1. The minimum Gasteiger partial charge on any atom is -0.459 e. The molecule has 154 valence electrons. The second-order valence-electron chi connectivity index (χ2n) is 7.11. The van der Waals surface area contributed by atoms with Gasteiger partial charge in [0.25, 0.3) is 5.56 Å². The van der Waals surface area contributed by atoms with Gasteiger partial charge in [0.2, 0.25) is 0 Å². The zero-order valence-corrected chi connectivity index (χ0v) is 19.8. The van der Waals surface area contributed by atoms with E-state index >= 15 is 0 Å². The molecule has 0 amide bonds. The van der Waals surface area contributed by atoms with Crippen molar-refractivity contribution < 1.29 is 9.53 Å². The van der Waals surface area contributed by atoms with E-state index in [2.05, 4.69) is 20.9 Å². The van der Waals surface area contributed by atoms with Gasteiger partial charge in [0.05, 0.1) is 21.9 Å². The molecule has 0 fully saturated rings. The normalized spacial score (nSPS) is 16.6. The van der Waals surface area contributed by atoms with Gasteiger partial charge in [-0.2, -0.15) is 0 Å². The first-order valence-electron chi connectivity index (χ1n) is 9.37. The predicted molar refractivity (Wildman–Crippen MR) is 123 cm³/mol. The van der Waals surface area contributed by atoms with Crippen LogP contribution in [0.25, 0.3) is 6.08 Å². The SMILES string of the molecule is CC1=C(C(=O)OC(C)C)C(c2cccs2)n2c(s/c(=C/c3cccc(Br)c3)c2=O)=N1. The Morgan fingerprint density at radius 2 is 2.10 bits per heavy atom. The summed E-state index contributed by atoms with van der Waals surface area (Å²) in [5, 5.41) is 1.94. The highest BCUT2D eigenvalue weighted by atomic mass is 79.9. The summed E-state index contributed by atoms with van der Waals surface area (Å²) < 4.78 is 8.61. The standard InChI is InChI=1S/C22H19BrN2O3S2/c1-12(2)28-21(27)18-13(3)24-22-25(19(18)16-8-5-9-29-16)20(26)17(30-22)11-14-6-4-7-15(23)10-14/h4-12,19H,1-3H3/b17-11+. The maximum absolute atomic E-state index is 13.4. The molecular formula is C22H19BrN2O3S2. The van der Waals surface area contributed by atoms with Crippen molar-refractivity contribution in [2.45, 2.75) is 32.9 Å². The average Bonchev–Trinajstić information content (AvgIpc) is 3.29. The number of nitrogens with zero attached hydrogens (tertiary/aromatic N) is 2. The topological polar surface area (TPSA) is 60.7 Å². The van der Waals surface area contributed by atoms with Crippen molar-refractivity contribution in [1.29, 1.82) is 0 Å². The van der Waals surface area contributed by atoms with Crippen LogP contribution >= 0.6 is 38.6 Å². The first-order chi connectivity index (χ1) is 14.3. The summed E-state index contributed by atoms with van der Waals surface area (Å²) in [5.41, 5.74) is 1.74. The molecule has 0 aliphatic carbocycles. The number of hydrogen-bond donors (Lipinski definition) is 0. The van der Waals surface area contributed by atoms with Crippen LogP contribution in [0.4, 0.5) is 0 Å². The first kappa shape index (κ1) is 21.0. The van der Waals surface area contributed by atoms with Crippen molar-refractivity contribution in [3.63, 3.8) is 0 Å². The quantitative estimate of drug-likeness (QED) is 0.506. The van der Waals surface area contributed by atoms with E-state index in [0.29, 0.717) is 20.6 Å². The number of aromatic nitrogens is 1. The van der Waals surface area contributed by atoms with E-state index in [4.69, 9.17) is 4.74 Å². The molecule has 5 nitrogen and oxygen atoms in total. The van der Waals surface area contributed by atoms with Crippen LogP contribution in [-0.2, 0) is 9.53 Å². The third kappa shape index (κ3) is 3.99. The molecule has 1 aliphatic heterocycles. The van der Waals surface area contributed by atoms with Crippen LogP contribution in [0.3, 0.4) is 0 Å². The molecule has 1 unspecified atom stereocenters. The number of thiazole rings is 1. The van der Waals surface area contributed by atoms with Crippen LogP contribution in [0, 0.1) is 0 Å². The molecule has 0 saturated carbocycles. The number of carbonyl (C=O) groups excluding carboxylic acids is 1. The number of rotatable bonds is 4. The molecule has 0 radical (unpaired) electrons. The van der Waals surface area contributed by atoms with Crippen molar-refractivity contribution in [3.05, 3.63) is 87.6 Å². The largest absolute Gasteiger partial charge is 0.459 e. The minimum absolute atomic E-state index is 0.167. The Morgan fingerprint density at radius 1 is 1.30 bits per heavy atom. The van der Waals surface area contributed by atoms with E-state index in [1.807, 2.05) is 47.9 Å². The zero-order valence-electron chi connectivity index (χ0n) is 16.6. The smallest absolute Gasteiger partial charge is 0.338 e. The van der Waals surface area contributed by atoms with Crippen LogP contribution in [-0.4, -0.2) is 16.6 Å². The summed E-state index contributed by atoms with van der Waals surface area (Å²) in [6.45, 7) is 5.41. The molecule has 1 aromatic carbocycles. The molecule has 3 aromatic rings. The molecule has 30 heavy (non-hydrogen) atoms. The average molecular weight is 503 g/mol. The lowest BCUT2D eigenvalue weighted by Gasteiger charge is -2.24. The van der Waals surface area contributed by atoms with Crippen LogP contribution in [0.2, 0.25) is 0 Å². The van der Waals surface area contributed by atoms with Gasteiger partial charge in [0.1, 0.15) is 6.04 Å². The molecular weight excluding hydrogens is 484 g/mol. The predicted octanol–water partition coefficient (Wildman–Crippen LogP) is 4.01. The van der Waals surface area contributed by atoms with Gasteiger partial charge in [0.15, 0.2) is 4.80 Å². The van der Waals surface area contributed by atoms with Crippen molar-refractivity contribution in [2.75, 3.05) is 0 Å². The second-order valence-corrected chi connectivity index (χ2v) is 10.0. The number of halogens is 1. The van der Waals surface area contributed by atoms with Crippen LogP contribution in [0.5, 0.6) is 0 Å². The Labute approximate surface area is 189 Å². The van der Waals surface area contributed by atoms with Gasteiger partial charge >= 0.3 is 5.97 Å². The summed E-state index contributed by atoms with van der Waals surface area (Å²) in [7, 11) is 0.